The molecule has 0 saturated carbocycles. The van der Waals surface area contributed by atoms with E-state index in [9.17, 15) is 0 Å². The summed E-state index contributed by atoms with van der Waals surface area (Å²) in [6, 6.07) is 10.1. The highest BCUT2D eigenvalue weighted by Gasteiger charge is 2.21. The highest BCUT2D eigenvalue weighted by atomic mass is 16.6. The van der Waals surface area contributed by atoms with Crippen LogP contribution in [-0.4, -0.2) is 19.3 Å². The van der Waals surface area contributed by atoms with Gasteiger partial charge in [-0.25, -0.2) is 0 Å². The second-order valence-corrected chi connectivity index (χ2v) is 5.50. The Hall–Kier alpha value is -1.94. The first-order chi connectivity index (χ1) is 10.1. The van der Waals surface area contributed by atoms with Crippen LogP contribution in [0.25, 0.3) is 0 Å². The number of nitrogens with one attached hydrogen (secondary N) is 1. The number of para-hydroxylation sites is 2. The van der Waals surface area contributed by atoms with E-state index in [4.69, 9.17) is 13.9 Å². The van der Waals surface area contributed by atoms with E-state index in [1.165, 1.54) is 5.56 Å². The van der Waals surface area contributed by atoms with Crippen LogP contribution in [0.4, 0.5) is 0 Å². The molecular weight excluding hydrogens is 266 g/mol. The summed E-state index contributed by atoms with van der Waals surface area (Å²) in [4.78, 5) is 0. The van der Waals surface area contributed by atoms with E-state index in [2.05, 4.69) is 18.3 Å². The van der Waals surface area contributed by atoms with Gasteiger partial charge >= 0.3 is 0 Å². The van der Waals surface area contributed by atoms with E-state index in [0.29, 0.717) is 6.61 Å². The Kier molecular flexibility index (Phi) is 3.88. The zero-order valence-corrected chi connectivity index (χ0v) is 12.7. The van der Waals surface area contributed by atoms with Crippen LogP contribution in [0.5, 0.6) is 11.5 Å². The molecule has 1 aliphatic rings. The lowest BCUT2D eigenvalue weighted by Crippen LogP contribution is -2.39. The van der Waals surface area contributed by atoms with Gasteiger partial charge in [-0.2, -0.15) is 0 Å². The van der Waals surface area contributed by atoms with Crippen LogP contribution in [-0.2, 0) is 0 Å². The summed E-state index contributed by atoms with van der Waals surface area (Å²) in [5, 5.41) is 3.49. The van der Waals surface area contributed by atoms with Gasteiger partial charge in [-0.15, -0.1) is 0 Å². The molecule has 1 aliphatic heterocycles. The lowest BCUT2D eigenvalue weighted by atomic mass is 10.1. The van der Waals surface area contributed by atoms with Crippen molar-refractivity contribution >= 4 is 0 Å². The summed E-state index contributed by atoms with van der Waals surface area (Å²) in [6.07, 6.45) is 0.0238. The number of ether oxygens (including phenoxy) is 2. The predicted molar refractivity (Wildman–Crippen MR) is 81.0 cm³/mol. The molecule has 112 valence electrons. The Balaban J connectivity index is 1.58. The molecule has 2 aromatic rings. The predicted octanol–water partition coefficient (Wildman–Crippen LogP) is 3.39. The van der Waals surface area contributed by atoms with Crippen molar-refractivity contribution in [1.29, 1.82) is 0 Å². The van der Waals surface area contributed by atoms with Gasteiger partial charge < -0.3 is 19.2 Å². The number of hydrogen-bond donors (Lipinski definition) is 1. The van der Waals surface area contributed by atoms with Gasteiger partial charge in [0.05, 0.1) is 0 Å². The van der Waals surface area contributed by atoms with Crippen LogP contribution in [0.1, 0.15) is 30.0 Å². The minimum absolute atomic E-state index is 0.0238. The molecular formula is C17H21NO3. The molecule has 0 amide bonds. The standard InChI is InChI=1S/C17H21NO3/c1-11-8-15(13(3)20-11)12(2)18-9-14-10-19-16-6-4-5-7-17(16)21-14/h4-8,12,14,18H,9-10H2,1-3H3. The maximum absolute atomic E-state index is 5.94. The van der Waals surface area contributed by atoms with Gasteiger partial charge in [-0.1, -0.05) is 12.1 Å². The second kappa shape index (κ2) is 5.82. The highest BCUT2D eigenvalue weighted by molar-refractivity contribution is 5.40. The summed E-state index contributed by atoms with van der Waals surface area (Å²) in [5.41, 5.74) is 1.20. The lowest BCUT2D eigenvalue weighted by molar-refractivity contribution is 0.0885. The Morgan fingerprint density at radius 2 is 2.00 bits per heavy atom. The van der Waals surface area contributed by atoms with E-state index < -0.39 is 0 Å². The SMILES string of the molecule is Cc1cc(C(C)NCC2COc3ccccc3O2)c(C)o1. The molecule has 0 fully saturated rings. The second-order valence-electron chi connectivity index (χ2n) is 5.50. The van der Waals surface area contributed by atoms with E-state index in [-0.39, 0.29) is 12.1 Å². The summed E-state index contributed by atoms with van der Waals surface area (Å²) in [5.74, 6) is 3.56. The number of benzene rings is 1. The minimum Gasteiger partial charge on any atom is -0.486 e. The van der Waals surface area contributed by atoms with Crippen molar-refractivity contribution in [2.75, 3.05) is 13.2 Å². The fourth-order valence-electron chi connectivity index (χ4n) is 2.66. The van der Waals surface area contributed by atoms with E-state index >= 15 is 0 Å². The third-order valence-corrected chi connectivity index (χ3v) is 3.77. The molecule has 0 saturated heterocycles. The van der Waals surface area contributed by atoms with Crippen molar-refractivity contribution in [2.45, 2.75) is 32.9 Å². The van der Waals surface area contributed by atoms with Crippen LogP contribution in [0, 0.1) is 13.8 Å². The summed E-state index contributed by atoms with van der Waals surface area (Å²) >= 11 is 0. The van der Waals surface area contributed by atoms with Crippen molar-refractivity contribution < 1.29 is 13.9 Å². The monoisotopic (exact) mass is 287 g/mol. The van der Waals surface area contributed by atoms with Gasteiger partial charge in [0.25, 0.3) is 0 Å². The van der Waals surface area contributed by atoms with Crippen molar-refractivity contribution in [3.05, 3.63) is 47.4 Å². The molecule has 4 nitrogen and oxygen atoms in total. The van der Waals surface area contributed by atoms with Crippen molar-refractivity contribution in [2.24, 2.45) is 0 Å². The van der Waals surface area contributed by atoms with E-state index in [1.807, 2.05) is 38.1 Å². The van der Waals surface area contributed by atoms with Gasteiger partial charge in [0.15, 0.2) is 11.5 Å². The maximum Gasteiger partial charge on any atom is 0.161 e. The maximum atomic E-state index is 5.94. The Bertz CT molecular complexity index is 620. The zero-order valence-electron chi connectivity index (χ0n) is 12.7. The number of hydrogen-bond acceptors (Lipinski definition) is 4. The molecule has 2 unspecified atom stereocenters. The molecule has 2 heterocycles. The Labute approximate surface area is 125 Å². The van der Waals surface area contributed by atoms with Crippen molar-refractivity contribution in [3.63, 3.8) is 0 Å². The molecule has 1 aromatic heterocycles. The zero-order chi connectivity index (χ0) is 14.8. The Morgan fingerprint density at radius 3 is 2.71 bits per heavy atom. The average Bonchev–Trinajstić information content (AvgIpc) is 2.83. The summed E-state index contributed by atoms with van der Waals surface area (Å²) < 4.78 is 17.2. The molecule has 1 aromatic carbocycles. The highest BCUT2D eigenvalue weighted by Crippen LogP contribution is 2.31. The molecule has 21 heavy (non-hydrogen) atoms. The molecule has 1 N–H and O–H groups in total. The normalized spacial score (nSPS) is 18.5. The third kappa shape index (κ3) is 3.05. The first-order valence-electron chi connectivity index (χ1n) is 7.32. The molecule has 2 atom stereocenters. The number of aryl methyl sites for hydroxylation is 2. The number of furan rings is 1. The first-order valence-corrected chi connectivity index (χ1v) is 7.32. The van der Waals surface area contributed by atoms with Gasteiger partial charge in [-0.3, -0.25) is 0 Å². The molecule has 0 spiro atoms. The van der Waals surface area contributed by atoms with Crippen LogP contribution in [0.15, 0.2) is 34.7 Å². The van der Waals surface area contributed by atoms with Gasteiger partial charge in [0, 0.05) is 18.2 Å². The van der Waals surface area contributed by atoms with Gasteiger partial charge in [0.2, 0.25) is 0 Å². The third-order valence-electron chi connectivity index (χ3n) is 3.77. The number of fused-ring (bicyclic) bond motifs is 1. The first kappa shape index (κ1) is 14.0. The van der Waals surface area contributed by atoms with Crippen LogP contribution < -0.4 is 14.8 Å². The van der Waals surface area contributed by atoms with Crippen molar-refractivity contribution in [3.8, 4) is 11.5 Å². The smallest absolute Gasteiger partial charge is 0.161 e. The topological polar surface area (TPSA) is 43.6 Å². The fraction of sp³-hybridized carbons (Fsp3) is 0.412. The van der Waals surface area contributed by atoms with Crippen molar-refractivity contribution in [1.82, 2.24) is 5.32 Å². The van der Waals surface area contributed by atoms with Crippen LogP contribution >= 0.6 is 0 Å². The average molecular weight is 287 g/mol. The fourth-order valence-corrected chi connectivity index (χ4v) is 2.66. The van der Waals surface area contributed by atoms with Crippen LogP contribution in [0.2, 0.25) is 0 Å². The molecule has 0 radical (unpaired) electrons. The summed E-state index contributed by atoms with van der Waals surface area (Å²) in [7, 11) is 0. The molecule has 0 bridgehead atoms. The molecule has 4 heteroatoms. The van der Waals surface area contributed by atoms with E-state index in [0.717, 1.165) is 29.6 Å². The molecule has 0 aliphatic carbocycles. The lowest BCUT2D eigenvalue weighted by Gasteiger charge is -2.27. The van der Waals surface area contributed by atoms with Crippen LogP contribution in [0.3, 0.4) is 0 Å². The Morgan fingerprint density at radius 1 is 1.24 bits per heavy atom. The largest absolute Gasteiger partial charge is 0.486 e. The van der Waals surface area contributed by atoms with E-state index in [1.54, 1.807) is 0 Å². The number of rotatable bonds is 4. The molecule has 3 rings (SSSR count). The quantitative estimate of drug-likeness (QED) is 0.936. The van der Waals surface area contributed by atoms with Gasteiger partial charge in [0.1, 0.15) is 24.2 Å². The van der Waals surface area contributed by atoms with Gasteiger partial charge in [-0.05, 0) is 39.0 Å². The summed E-state index contributed by atoms with van der Waals surface area (Å²) in [6.45, 7) is 7.41. The minimum atomic E-state index is 0.0238.